The zero-order valence-corrected chi connectivity index (χ0v) is 14.8. The van der Waals surface area contributed by atoms with E-state index in [0.29, 0.717) is 46.6 Å². The summed E-state index contributed by atoms with van der Waals surface area (Å²) in [7, 11) is 0. The first-order valence-corrected chi connectivity index (χ1v) is 8.57. The van der Waals surface area contributed by atoms with Crippen LogP contribution in [0.25, 0.3) is 0 Å². The fraction of sp³-hybridized carbons (Fsp3) is 0.222. The Balaban J connectivity index is 1.64. The van der Waals surface area contributed by atoms with Crippen LogP contribution in [0.15, 0.2) is 42.5 Å². The van der Waals surface area contributed by atoms with Gasteiger partial charge in [0.25, 0.3) is 5.91 Å². The maximum Gasteiger partial charge on any atom is 0.253 e. The van der Waals surface area contributed by atoms with E-state index >= 15 is 0 Å². The van der Waals surface area contributed by atoms with Gasteiger partial charge in [0.1, 0.15) is 5.75 Å². The second-order valence-corrected chi connectivity index (χ2v) is 6.37. The Bertz CT molecular complexity index is 811. The number of para-hydroxylation sites is 1. The molecule has 0 aliphatic carbocycles. The molecule has 0 atom stereocenters. The van der Waals surface area contributed by atoms with Crippen LogP contribution in [0.3, 0.4) is 0 Å². The number of hydrogen-bond donors (Lipinski definition) is 1. The minimum Gasteiger partial charge on any atom is -0.492 e. The molecule has 25 heavy (non-hydrogen) atoms. The number of nitrogens with zero attached hydrogens (tertiary/aromatic N) is 1. The van der Waals surface area contributed by atoms with Crippen LogP contribution in [-0.2, 0) is 4.79 Å². The summed E-state index contributed by atoms with van der Waals surface area (Å²) in [5.74, 6) is 0.156. The van der Waals surface area contributed by atoms with Crippen LogP contribution < -0.4 is 15.0 Å². The topological polar surface area (TPSA) is 58.6 Å². The van der Waals surface area contributed by atoms with Gasteiger partial charge in [0.05, 0.1) is 29.4 Å². The normalized spacial score (nSPS) is 13.9. The fourth-order valence-corrected chi connectivity index (χ4v) is 3.09. The van der Waals surface area contributed by atoms with Gasteiger partial charge in [-0.1, -0.05) is 35.3 Å². The summed E-state index contributed by atoms with van der Waals surface area (Å²) in [6.07, 6.45) is 0.590. The fourth-order valence-electron chi connectivity index (χ4n) is 2.62. The number of hydrogen-bond acceptors (Lipinski definition) is 3. The Kier molecular flexibility index (Phi) is 5.46. The van der Waals surface area contributed by atoms with E-state index in [9.17, 15) is 9.59 Å². The van der Waals surface area contributed by atoms with Crippen molar-refractivity contribution in [3.63, 3.8) is 0 Å². The molecule has 1 N–H and O–H groups in total. The molecular weight excluding hydrogens is 363 g/mol. The van der Waals surface area contributed by atoms with Crippen molar-refractivity contribution in [1.82, 2.24) is 5.32 Å². The Morgan fingerprint density at radius 1 is 1.12 bits per heavy atom. The molecular formula is C18H16Cl2N2O3. The van der Waals surface area contributed by atoms with Gasteiger partial charge in [0, 0.05) is 11.6 Å². The lowest BCUT2D eigenvalue weighted by Gasteiger charge is -2.22. The zero-order valence-electron chi connectivity index (χ0n) is 13.3. The molecule has 3 rings (SSSR count). The van der Waals surface area contributed by atoms with Crippen molar-refractivity contribution in [3.8, 4) is 5.75 Å². The number of ether oxygens (including phenoxy) is 1. The van der Waals surface area contributed by atoms with Gasteiger partial charge in [-0.05, 0) is 36.8 Å². The first kappa shape index (κ1) is 17.6. The third kappa shape index (κ3) is 4.06. The molecule has 2 aromatic rings. The highest BCUT2D eigenvalue weighted by Gasteiger charge is 2.25. The molecule has 0 unspecified atom stereocenters. The summed E-state index contributed by atoms with van der Waals surface area (Å²) in [4.78, 5) is 26.0. The molecule has 2 aromatic carbocycles. The monoisotopic (exact) mass is 378 g/mol. The highest BCUT2D eigenvalue weighted by Crippen LogP contribution is 2.28. The van der Waals surface area contributed by atoms with Crippen molar-refractivity contribution in [3.05, 3.63) is 58.1 Å². The first-order valence-electron chi connectivity index (χ1n) is 7.81. The Labute approximate surface area is 155 Å². The minimum atomic E-state index is -0.240. The van der Waals surface area contributed by atoms with Crippen LogP contribution in [0, 0.1) is 0 Å². The maximum absolute atomic E-state index is 12.3. The summed E-state index contributed by atoms with van der Waals surface area (Å²) in [5, 5.41) is 3.60. The molecule has 0 bridgehead atoms. The third-order valence-electron chi connectivity index (χ3n) is 3.82. The number of carbonyl (C=O) groups is 2. The molecule has 1 aliphatic rings. The molecule has 1 heterocycles. The predicted molar refractivity (Wildman–Crippen MR) is 97.7 cm³/mol. The van der Waals surface area contributed by atoms with Crippen LogP contribution >= 0.6 is 23.2 Å². The molecule has 0 aromatic heterocycles. The van der Waals surface area contributed by atoms with E-state index in [4.69, 9.17) is 27.9 Å². The van der Waals surface area contributed by atoms with Crippen molar-refractivity contribution >= 4 is 40.7 Å². The minimum absolute atomic E-state index is 0.0165. The van der Waals surface area contributed by atoms with Crippen molar-refractivity contribution in [2.75, 3.05) is 24.6 Å². The van der Waals surface area contributed by atoms with E-state index in [1.807, 2.05) is 6.07 Å². The average molecular weight is 379 g/mol. The number of nitrogens with one attached hydrogen (secondary N) is 1. The highest BCUT2D eigenvalue weighted by molar-refractivity contribution is 6.35. The van der Waals surface area contributed by atoms with Crippen molar-refractivity contribution in [2.24, 2.45) is 0 Å². The van der Waals surface area contributed by atoms with Gasteiger partial charge in [0.2, 0.25) is 5.91 Å². The van der Waals surface area contributed by atoms with E-state index in [-0.39, 0.29) is 18.4 Å². The maximum atomic E-state index is 12.3. The standard InChI is InChI=1S/C18H16Cl2N2O3/c19-12-6-7-16(14(20)10-12)25-9-3-8-22-15-5-2-1-4-13(15)18(24)21-11-17(22)23/h1-2,4-7,10H,3,8-9,11H2,(H,21,24). The number of fused-ring (bicyclic) bond motifs is 1. The Hall–Kier alpha value is -2.24. The van der Waals surface area contributed by atoms with Crippen molar-refractivity contribution < 1.29 is 14.3 Å². The molecule has 0 saturated carbocycles. The Morgan fingerprint density at radius 3 is 2.72 bits per heavy atom. The van der Waals surface area contributed by atoms with Gasteiger partial charge in [-0.2, -0.15) is 0 Å². The van der Waals surface area contributed by atoms with Gasteiger partial charge in [-0.25, -0.2) is 0 Å². The lowest BCUT2D eigenvalue weighted by atomic mass is 10.1. The van der Waals surface area contributed by atoms with Gasteiger partial charge in [-0.3, -0.25) is 9.59 Å². The number of anilines is 1. The molecule has 7 heteroatoms. The van der Waals surface area contributed by atoms with Gasteiger partial charge >= 0.3 is 0 Å². The van der Waals surface area contributed by atoms with Crippen LogP contribution in [0.4, 0.5) is 5.69 Å². The van der Waals surface area contributed by atoms with Gasteiger partial charge in [0.15, 0.2) is 0 Å². The van der Waals surface area contributed by atoms with E-state index in [2.05, 4.69) is 5.32 Å². The number of carbonyl (C=O) groups excluding carboxylic acids is 2. The Morgan fingerprint density at radius 2 is 1.92 bits per heavy atom. The molecule has 0 radical (unpaired) electrons. The molecule has 2 amide bonds. The summed E-state index contributed by atoms with van der Waals surface area (Å²) in [5.41, 5.74) is 1.11. The van der Waals surface area contributed by atoms with Crippen LogP contribution in [-0.4, -0.2) is 31.5 Å². The highest BCUT2D eigenvalue weighted by atomic mass is 35.5. The summed E-state index contributed by atoms with van der Waals surface area (Å²) < 4.78 is 5.65. The molecule has 0 saturated heterocycles. The molecule has 130 valence electrons. The van der Waals surface area contributed by atoms with E-state index in [0.717, 1.165) is 0 Å². The number of benzene rings is 2. The molecule has 0 fully saturated rings. The zero-order chi connectivity index (χ0) is 17.8. The predicted octanol–water partition coefficient (Wildman–Crippen LogP) is 3.54. The SMILES string of the molecule is O=C1NCC(=O)N(CCCOc2ccc(Cl)cc2Cl)c2ccccc21. The lowest BCUT2D eigenvalue weighted by molar-refractivity contribution is -0.117. The van der Waals surface area contributed by atoms with Crippen molar-refractivity contribution in [2.45, 2.75) is 6.42 Å². The summed E-state index contributed by atoms with van der Waals surface area (Å²) in [6.45, 7) is 0.808. The number of rotatable bonds is 5. The third-order valence-corrected chi connectivity index (χ3v) is 4.35. The molecule has 1 aliphatic heterocycles. The summed E-state index contributed by atoms with van der Waals surface area (Å²) >= 11 is 11.9. The second-order valence-electron chi connectivity index (χ2n) is 5.52. The van der Waals surface area contributed by atoms with E-state index < -0.39 is 0 Å². The van der Waals surface area contributed by atoms with Gasteiger partial charge < -0.3 is 15.0 Å². The lowest BCUT2D eigenvalue weighted by Crippen LogP contribution is -2.37. The van der Waals surface area contributed by atoms with Crippen LogP contribution in [0.1, 0.15) is 16.8 Å². The largest absolute Gasteiger partial charge is 0.492 e. The van der Waals surface area contributed by atoms with E-state index in [1.165, 1.54) is 0 Å². The van der Waals surface area contributed by atoms with Crippen molar-refractivity contribution in [1.29, 1.82) is 0 Å². The molecule has 5 nitrogen and oxygen atoms in total. The van der Waals surface area contributed by atoms with E-state index in [1.54, 1.807) is 41.3 Å². The van der Waals surface area contributed by atoms with Crippen LogP contribution in [0.5, 0.6) is 5.75 Å². The number of halogens is 2. The smallest absolute Gasteiger partial charge is 0.253 e. The average Bonchev–Trinajstić information content (AvgIpc) is 2.72. The summed E-state index contributed by atoms with van der Waals surface area (Å²) in [6, 6.07) is 12.1. The number of amides is 2. The first-order chi connectivity index (χ1) is 12.1. The van der Waals surface area contributed by atoms with Crippen LogP contribution in [0.2, 0.25) is 10.0 Å². The quantitative estimate of drug-likeness (QED) is 0.809. The van der Waals surface area contributed by atoms with Gasteiger partial charge in [-0.15, -0.1) is 0 Å². The second kappa shape index (κ2) is 7.76. The molecule has 0 spiro atoms.